The second kappa shape index (κ2) is 5.93. The number of carboxylic acids is 1. The van der Waals surface area contributed by atoms with Crippen molar-refractivity contribution in [2.45, 2.75) is 13.0 Å². The van der Waals surface area contributed by atoms with Crippen molar-refractivity contribution < 1.29 is 19.4 Å². The molecule has 0 bridgehead atoms. The highest BCUT2D eigenvalue weighted by Gasteiger charge is 2.28. The molecule has 1 N–H and O–H groups in total. The lowest BCUT2D eigenvalue weighted by molar-refractivity contribution is -0.141. The average Bonchev–Trinajstić information content (AvgIpc) is 2.87. The number of carbonyl (C=O) groups is 1. The molecule has 0 saturated carbocycles. The van der Waals surface area contributed by atoms with Crippen LogP contribution in [0.3, 0.4) is 0 Å². The Labute approximate surface area is 112 Å². The highest BCUT2D eigenvalue weighted by atomic mass is 16.5. The quantitative estimate of drug-likeness (QED) is 0.876. The molecule has 1 atom stereocenters. The van der Waals surface area contributed by atoms with Crippen LogP contribution in [-0.2, 0) is 11.3 Å². The van der Waals surface area contributed by atoms with E-state index in [0.717, 1.165) is 17.9 Å². The molecule has 5 nitrogen and oxygen atoms in total. The molecule has 1 saturated heterocycles. The predicted molar refractivity (Wildman–Crippen MR) is 70.6 cm³/mol. The molecule has 1 fully saturated rings. The smallest absolute Gasteiger partial charge is 0.307 e. The summed E-state index contributed by atoms with van der Waals surface area (Å²) in [7, 11) is 3.23. The molecule has 1 aromatic carbocycles. The average molecular weight is 265 g/mol. The Balaban J connectivity index is 2.10. The lowest BCUT2D eigenvalue weighted by atomic mass is 10.1. The summed E-state index contributed by atoms with van der Waals surface area (Å²) in [5.74, 6) is 0.467. The number of ether oxygens (including phenoxy) is 2. The predicted octanol–water partition coefficient (Wildman–Crippen LogP) is 1.61. The van der Waals surface area contributed by atoms with Crippen molar-refractivity contribution in [2.75, 3.05) is 27.3 Å². The minimum absolute atomic E-state index is 0.253. The van der Waals surface area contributed by atoms with Crippen LogP contribution in [0.5, 0.6) is 11.5 Å². The lowest BCUT2D eigenvalue weighted by Gasteiger charge is -2.18. The van der Waals surface area contributed by atoms with Gasteiger partial charge in [-0.2, -0.15) is 0 Å². The molecular formula is C14H19NO4. The fourth-order valence-electron chi connectivity index (χ4n) is 2.50. The van der Waals surface area contributed by atoms with E-state index in [1.54, 1.807) is 14.2 Å². The molecule has 0 radical (unpaired) electrons. The molecule has 1 aromatic rings. The second-order valence-electron chi connectivity index (χ2n) is 4.71. The van der Waals surface area contributed by atoms with Gasteiger partial charge in [0.25, 0.3) is 0 Å². The summed E-state index contributed by atoms with van der Waals surface area (Å²) < 4.78 is 10.6. The molecule has 5 heteroatoms. The van der Waals surface area contributed by atoms with Gasteiger partial charge in [0.1, 0.15) is 0 Å². The van der Waals surface area contributed by atoms with Crippen LogP contribution in [0.4, 0.5) is 0 Å². The first-order valence-electron chi connectivity index (χ1n) is 6.30. The van der Waals surface area contributed by atoms with E-state index >= 15 is 0 Å². The Kier molecular flexibility index (Phi) is 4.27. The molecule has 0 amide bonds. The number of aliphatic carboxylic acids is 1. The maximum absolute atomic E-state index is 11.0. The van der Waals surface area contributed by atoms with Crippen LogP contribution in [0, 0.1) is 5.92 Å². The lowest BCUT2D eigenvalue weighted by Crippen LogP contribution is -2.23. The summed E-state index contributed by atoms with van der Waals surface area (Å²) in [4.78, 5) is 13.1. The van der Waals surface area contributed by atoms with Gasteiger partial charge in [-0.05, 0) is 19.0 Å². The number of carboxylic acid groups (broad SMARTS) is 1. The molecule has 1 unspecified atom stereocenters. The fourth-order valence-corrected chi connectivity index (χ4v) is 2.50. The van der Waals surface area contributed by atoms with Crippen LogP contribution < -0.4 is 9.47 Å². The second-order valence-corrected chi connectivity index (χ2v) is 4.71. The Hall–Kier alpha value is -1.75. The van der Waals surface area contributed by atoms with Crippen LogP contribution in [0.15, 0.2) is 18.2 Å². The zero-order valence-corrected chi connectivity index (χ0v) is 11.3. The number of benzene rings is 1. The van der Waals surface area contributed by atoms with Crippen molar-refractivity contribution >= 4 is 5.97 Å². The largest absolute Gasteiger partial charge is 0.493 e. The molecule has 19 heavy (non-hydrogen) atoms. The molecule has 1 aliphatic rings. The molecule has 0 aliphatic carbocycles. The first-order valence-corrected chi connectivity index (χ1v) is 6.30. The SMILES string of the molecule is COc1cccc(CN2CCC(C(=O)O)C2)c1OC. The van der Waals surface area contributed by atoms with Gasteiger partial charge in [-0.3, -0.25) is 9.69 Å². The summed E-state index contributed by atoms with van der Waals surface area (Å²) in [5, 5.41) is 9.01. The number of hydrogen-bond donors (Lipinski definition) is 1. The van der Waals surface area contributed by atoms with Crippen molar-refractivity contribution in [1.82, 2.24) is 4.90 Å². The Bertz CT molecular complexity index is 461. The maximum Gasteiger partial charge on any atom is 0.307 e. The van der Waals surface area contributed by atoms with E-state index in [0.29, 0.717) is 25.3 Å². The molecule has 0 aromatic heterocycles. The number of rotatable bonds is 5. The van der Waals surface area contributed by atoms with Gasteiger partial charge < -0.3 is 14.6 Å². The molecule has 104 valence electrons. The first kappa shape index (κ1) is 13.7. The van der Waals surface area contributed by atoms with E-state index in [1.807, 2.05) is 18.2 Å². The monoisotopic (exact) mass is 265 g/mol. The van der Waals surface area contributed by atoms with Crippen molar-refractivity contribution in [3.05, 3.63) is 23.8 Å². The van der Waals surface area contributed by atoms with Crippen LogP contribution in [-0.4, -0.2) is 43.3 Å². The zero-order valence-electron chi connectivity index (χ0n) is 11.3. The van der Waals surface area contributed by atoms with Gasteiger partial charge >= 0.3 is 5.97 Å². The van der Waals surface area contributed by atoms with E-state index in [4.69, 9.17) is 14.6 Å². The number of hydrogen-bond acceptors (Lipinski definition) is 4. The Morgan fingerprint density at radius 1 is 1.42 bits per heavy atom. The summed E-state index contributed by atoms with van der Waals surface area (Å²) in [6.45, 7) is 2.08. The summed E-state index contributed by atoms with van der Waals surface area (Å²) >= 11 is 0. The van der Waals surface area contributed by atoms with Gasteiger partial charge in [-0.15, -0.1) is 0 Å². The van der Waals surface area contributed by atoms with Crippen molar-refractivity contribution in [2.24, 2.45) is 5.92 Å². The van der Waals surface area contributed by atoms with Crippen molar-refractivity contribution in [1.29, 1.82) is 0 Å². The normalized spacial score (nSPS) is 19.4. The third-order valence-electron chi connectivity index (χ3n) is 3.50. The van der Waals surface area contributed by atoms with Crippen LogP contribution >= 0.6 is 0 Å². The fraction of sp³-hybridized carbons (Fsp3) is 0.500. The van der Waals surface area contributed by atoms with E-state index in [1.165, 1.54) is 0 Å². The minimum Gasteiger partial charge on any atom is -0.493 e. The third kappa shape index (κ3) is 2.98. The summed E-state index contributed by atoms with van der Waals surface area (Å²) in [6, 6.07) is 5.75. The van der Waals surface area contributed by atoms with Crippen molar-refractivity contribution in [3.8, 4) is 11.5 Å². The van der Waals surface area contributed by atoms with Gasteiger partial charge in [0.15, 0.2) is 11.5 Å². The number of para-hydroxylation sites is 1. The third-order valence-corrected chi connectivity index (χ3v) is 3.50. The standard InChI is InChI=1S/C14H19NO4/c1-18-12-5-3-4-10(13(12)19-2)8-15-7-6-11(9-15)14(16)17/h3-5,11H,6-9H2,1-2H3,(H,16,17). The summed E-state index contributed by atoms with van der Waals surface area (Å²) in [6.07, 6.45) is 0.710. The van der Waals surface area contributed by atoms with Crippen molar-refractivity contribution in [3.63, 3.8) is 0 Å². The topological polar surface area (TPSA) is 59.0 Å². The molecule has 1 aliphatic heterocycles. The van der Waals surface area contributed by atoms with E-state index in [9.17, 15) is 4.79 Å². The highest BCUT2D eigenvalue weighted by molar-refractivity contribution is 5.70. The Morgan fingerprint density at radius 2 is 2.21 bits per heavy atom. The highest BCUT2D eigenvalue weighted by Crippen LogP contribution is 2.32. The number of methoxy groups -OCH3 is 2. The van der Waals surface area contributed by atoms with Crippen LogP contribution in [0.25, 0.3) is 0 Å². The molecule has 0 spiro atoms. The summed E-state index contributed by atoms with van der Waals surface area (Å²) in [5.41, 5.74) is 1.02. The van der Waals surface area contributed by atoms with Crippen LogP contribution in [0.2, 0.25) is 0 Å². The zero-order chi connectivity index (χ0) is 13.8. The molecule has 2 rings (SSSR count). The Morgan fingerprint density at radius 3 is 2.79 bits per heavy atom. The minimum atomic E-state index is -0.708. The molecular weight excluding hydrogens is 246 g/mol. The number of likely N-dealkylation sites (tertiary alicyclic amines) is 1. The van der Waals surface area contributed by atoms with E-state index < -0.39 is 5.97 Å². The van der Waals surface area contributed by atoms with Gasteiger partial charge in [0, 0.05) is 18.7 Å². The van der Waals surface area contributed by atoms with Gasteiger partial charge in [0.2, 0.25) is 0 Å². The van der Waals surface area contributed by atoms with Crippen LogP contribution in [0.1, 0.15) is 12.0 Å². The maximum atomic E-state index is 11.0. The van der Waals surface area contributed by atoms with Gasteiger partial charge in [-0.25, -0.2) is 0 Å². The first-order chi connectivity index (χ1) is 9.15. The molecule has 1 heterocycles. The van der Waals surface area contributed by atoms with Gasteiger partial charge in [-0.1, -0.05) is 12.1 Å². The van der Waals surface area contributed by atoms with E-state index in [-0.39, 0.29) is 5.92 Å². The van der Waals surface area contributed by atoms with Gasteiger partial charge in [0.05, 0.1) is 20.1 Å². The van der Waals surface area contributed by atoms with E-state index in [2.05, 4.69) is 4.90 Å². The number of nitrogens with zero attached hydrogens (tertiary/aromatic N) is 1.